The summed E-state index contributed by atoms with van der Waals surface area (Å²) >= 11 is 0. The number of nitrogens with one attached hydrogen (secondary N) is 1. The highest BCUT2D eigenvalue weighted by Gasteiger charge is 2.14. The van der Waals surface area contributed by atoms with Crippen molar-refractivity contribution in [2.24, 2.45) is 0 Å². The molecule has 2 heterocycles. The lowest BCUT2D eigenvalue weighted by molar-refractivity contribution is 0.371. The largest absolute Gasteiger partial charge is 0.333 e. The lowest BCUT2D eigenvalue weighted by atomic mass is 10.1. The number of halogens is 1. The van der Waals surface area contributed by atoms with Crippen molar-refractivity contribution in [3.05, 3.63) is 53.9 Å². The van der Waals surface area contributed by atoms with Crippen molar-refractivity contribution in [2.45, 2.75) is 25.3 Å². The summed E-state index contributed by atoms with van der Waals surface area (Å²) in [4.78, 5) is 4.45. The Hall–Kier alpha value is -1.68. The van der Waals surface area contributed by atoms with Crippen molar-refractivity contribution in [2.75, 3.05) is 13.1 Å². The second kappa shape index (κ2) is 5.53. The van der Waals surface area contributed by atoms with E-state index in [0.717, 1.165) is 30.8 Å². The molecule has 3 rings (SSSR count). The average molecular weight is 259 g/mol. The molecule has 4 heteroatoms. The summed E-state index contributed by atoms with van der Waals surface area (Å²) in [7, 11) is 0. The standard InChI is InChI=1S/C15H18FN3/c16-13-5-3-12(4-6-13)8-14-10-19(11-18-14)15-2-1-7-17-9-15/h3-6,10-11,15,17H,1-2,7-9H2/t15-/m0/s1. The molecule has 100 valence electrons. The van der Waals surface area contributed by atoms with Crippen LogP contribution in [0.1, 0.15) is 30.1 Å². The first-order chi connectivity index (χ1) is 9.31. The normalized spacial score (nSPS) is 19.5. The number of hydrogen-bond acceptors (Lipinski definition) is 2. The molecular weight excluding hydrogens is 241 g/mol. The van der Waals surface area contributed by atoms with Crippen molar-refractivity contribution in [3.8, 4) is 0 Å². The number of aromatic nitrogens is 2. The summed E-state index contributed by atoms with van der Waals surface area (Å²) < 4.78 is 15.0. The third kappa shape index (κ3) is 3.01. The predicted molar refractivity (Wildman–Crippen MR) is 72.6 cm³/mol. The number of piperidine rings is 1. The molecule has 0 radical (unpaired) electrons. The Balaban J connectivity index is 1.68. The highest BCUT2D eigenvalue weighted by atomic mass is 19.1. The van der Waals surface area contributed by atoms with Gasteiger partial charge in [-0.1, -0.05) is 12.1 Å². The fraction of sp³-hybridized carbons (Fsp3) is 0.400. The van der Waals surface area contributed by atoms with E-state index < -0.39 is 0 Å². The Morgan fingerprint density at radius 3 is 2.89 bits per heavy atom. The van der Waals surface area contributed by atoms with E-state index in [4.69, 9.17) is 0 Å². The Kier molecular flexibility index (Phi) is 3.60. The van der Waals surface area contributed by atoms with E-state index in [1.165, 1.54) is 25.0 Å². The van der Waals surface area contributed by atoms with Crippen molar-refractivity contribution in [3.63, 3.8) is 0 Å². The second-order valence-corrected chi connectivity index (χ2v) is 5.12. The van der Waals surface area contributed by atoms with Crippen molar-refractivity contribution in [1.29, 1.82) is 0 Å². The molecule has 0 saturated carbocycles. The van der Waals surface area contributed by atoms with Crippen LogP contribution in [0.5, 0.6) is 0 Å². The smallest absolute Gasteiger partial charge is 0.123 e. The maximum absolute atomic E-state index is 12.8. The van der Waals surface area contributed by atoms with Crippen LogP contribution in [0.15, 0.2) is 36.8 Å². The van der Waals surface area contributed by atoms with Crippen LogP contribution in [0.25, 0.3) is 0 Å². The van der Waals surface area contributed by atoms with E-state index in [-0.39, 0.29) is 5.82 Å². The Morgan fingerprint density at radius 2 is 2.16 bits per heavy atom. The van der Waals surface area contributed by atoms with Crippen molar-refractivity contribution in [1.82, 2.24) is 14.9 Å². The van der Waals surface area contributed by atoms with Crippen LogP contribution in [0.4, 0.5) is 4.39 Å². The molecule has 0 spiro atoms. The summed E-state index contributed by atoms with van der Waals surface area (Å²) in [5.74, 6) is -0.192. The highest BCUT2D eigenvalue weighted by Crippen LogP contribution is 2.17. The number of benzene rings is 1. The van der Waals surface area contributed by atoms with Crippen LogP contribution in [-0.2, 0) is 6.42 Å². The molecule has 0 amide bonds. The van der Waals surface area contributed by atoms with Gasteiger partial charge >= 0.3 is 0 Å². The quantitative estimate of drug-likeness (QED) is 0.918. The number of rotatable bonds is 3. The van der Waals surface area contributed by atoms with Gasteiger partial charge in [0.25, 0.3) is 0 Å². The van der Waals surface area contributed by atoms with Crippen LogP contribution < -0.4 is 5.32 Å². The zero-order valence-corrected chi connectivity index (χ0v) is 10.8. The van der Waals surface area contributed by atoms with E-state index in [2.05, 4.69) is 21.1 Å². The molecular formula is C15H18FN3. The molecule has 0 aliphatic carbocycles. The topological polar surface area (TPSA) is 29.9 Å². The molecule has 1 aromatic heterocycles. The third-order valence-electron chi connectivity index (χ3n) is 3.65. The minimum Gasteiger partial charge on any atom is -0.333 e. The molecule has 2 aromatic rings. The van der Waals surface area contributed by atoms with Crippen molar-refractivity contribution < 1.29 is 4.39 Å². The van der Waals surface area contributed by atoms with Crippen LogP contribution in [0.3, 0.4) is 0 Å². The SMILES string of the molecule is Fc1ccc(Cc2cn([C@H]3CCCNC3)cn2)cc1. The number of nitrogens with zero attached hydrogens (tertiary/aromatic N) is 2. The molecule has 1 atom stereocenters. The Bertz CT molecular complexity index is 527. The molecule has 1 aliphatic heterocycles. The molecule has 1 N–H and O–H groups in total. The zero-order chi connectivity index (χ0) is 13.1. The summed E-state index contributed by atoms with van der Waals surface area (Å²) in [5.41, 5.74) is 2.13. The van der Waals surface area contributed by atoms with Gasteiger partial charge in [0.1, 0.15) is 5.82 Å². The number of hydrogen-bond donors (Lipinski definition) is 1. The van der Waals surface area contributed by atoms with Gasteiger partial charge in [0.15, 0.2) is 0 Å². The molecule has 1 saturated heterocycles. The van der Waals surface area contributed by atoms with Crippen molar-refractivity contribution >= 4 is 0 Å². The van der Waals surface area contributed by atoms with Gasteiger partial charge in [-0.15, -0.1) is 0 Å². The van der Waals surface area contributed by atoms with E-state index in [1.54, 1.807) is 0 Å². The first-order valence-corrected chi connectivity index (χ1v) is 6.79. The van der Waals surface area contributed by atoms with Crippen LogP contribution >= 0.6 is 0 Å². The Labute approximate surface area is 112 Å². The lowest BCUT2D eigenvalue weighted by Crippen LogP contribution is -2.31. The van der Waals surface area contributed by atoms with E-state index in [0.29, 0.717) is 6.04 Å². The van der Waals surface area contributed by atoms with Crippen LogP contribution in [0, 0.1) is 5.82 Å². The fourth-order valence-corrected chi connectivity index (χ4v) is 2.57. The molecule has 19 heavy (non-hydrogen) atoms. The van der Waals surface area contributed by atoms with E-state index in [9.17, 15) is 4.39 Å². The Morgan fingerprint density at radius 1 is 1.32 bits per heavy atom. The van der Waals surface area contributed by atoms with Gasteiger partial charge in [0.05, 0.1) is 12.0 Å². The predicted octanol–water partition coefficient (Wildman–Crippen LogP) is 2.54. The summed E-state index contributed by atoms with van der Waals surface area (Å²) in [5, 5.41) is 3.41. The van der Waals surface area contributed by atoms with Gasteiger partial charge in [0.2, 0.25) is 0 Å². The maximum atomic E-state index is 12.8. The molecule has 0 unspecified atom stereocenters. The summed E-state index contributed by atoms with van der Waals surface area (Å²) in [6.45, 7) is 2.14. The van der Waals surface area contributed by atoms with Crippen LogP contribution in [0.2, 0.25) is 0 Å². The van der Waals surface area contributed by atoms with Gasteiger partial charge < -0.3 is 9.88 Å². The van der Waals surface area contributed by atoms with Gasteiger partial charge in [-0.25, -0.2) is 9.37 Å². The highest BCUT2D eigenvalue weighted by molar-refractivity contribution is 5.21. The molecule has 0 bridgehead atoms. The fourth-order valence-electron chi connectivity index (χ4n) is 2.57. The second-order valence-electron chi connectivity index (χ2n) is 5.12. The van der Waals surface area contributed by atoms with E-state index in [1.807, 2.05) is 18.5 Å². The maximum Gasteiger partial charge on any atom is 0.123 e. The number of imidazole rings is 1. The van der Waals surface area contributed by atoms with Gasteiger partial charge in [-0.05, 0) is 37.1 Å². The van der Waals surface area contributed by atoms with Gasteiger partial charge in [0, 0.05) is 25.2 Å². The lowest BCUT2D eigenvalue weighted by Gasteiger charge is -2.23. The summed E-state index contributed by atoms with van der Waals surface area (Å²) in [6, 6.07) is 7.14. The molecule has 1 aliphatic rings. The third-order valence-corrected chi connectivity index (χ3v) is 3.65. The minimum absolute atomic E-state index is 0.192. The average Bonchev–Trinajstić information content (AvgIpc) is 2.91. The monoisotopic (exact) mass is 259 g/mol. The van der Waals surface area contributed by atoms with Crippen LogP contribution in [-0.4, -0.2) is 22.6 Å². The molecule has 3 nitrogen and oxygen atoms in total. The molecule has 1 aromatic carbocycles. The van der Waals surface area contributed by atoms with E-state index >= 15 is 0 Å². The minimum atomic E-state index is -0.192. The first-order valence-electron chi connectivity index (χ1n) is 6.79. The van der Waals surface area contributed by atoms with Gasteiger partial charge in [-0.2, -0.15) is 0 Å². The first kappa shape index (κ1) is 12.4. The molecule has 1 fully saturated rings. The zero-order valence-electron chi connectivity index (χ0n) is 10.8. The summed E-state index contributed by atoms with van der Waals surface area (Å²) in [6.07, 6.45) is 7.21. The van der Waals surface area contributed by atoms with Gasteiger partial charge in [-0.3, -0.25) is 0 Å².